The Morgan fingerprint density at radius 2 is 2.05 bits per heavy atom. The van der Waals surface area contributed by atoms with E-state index < -0.39 is 0 Å². The predicted octanol–water partition coefficient (Wildman–Crippen LogP) is 2.05. The zero-order valence-corrected chi connectivity index (χ0v) is 14.1. The molecule has 2 aromatic rings. The molecule has 4 rings (SSSR count). The minimum atomic E-state index is 0.199. The van der Waals surface area contributed by atoms with E-state index in [9.17, 15) is 4.79 Å². The van der Waals surface area contributed by atoms with E-state index in [1.54, 1.807) is 11.3 Å². The molecule has 0 aromatic carbocycles. The summed E-state index contributed by atoms with van der Waals surface area (Å²) in [7, 11) is 1.96. The molecule has 1 N–H and O–H groups in total. The number of hydrogen-bond acceptors (Lipinski definition) is 4. The van der Waals surface area contributed by atoms with Crippen LogP contribution in [0.25, 0.3) is 10.2 Å². The van der Waals surface area contributed by atoms with E-state index in [4.69, 9.17) is 0 Å². The summed E-state index contributed by atoms with van der Waals surface area (Å²) in [5, 5.41) is 9.15. The second-order valence-corrected chi connectivity index (χ2v) is 7.91. The lowest BCUT2D eigenvalue weighted by atomic mass is 10.0. The average molecular weight is 318 g/mol. The molecular formula is C16H22N4OS. The van der Waals surface area contributed by atoms with E-state index in [1.165, 1.54) is 0 Å². The summed E-state index contributed by atoms with van der Waals surface area (Å²) in [6, 6.07) is 2.05. The van der Waals surface area contributed by atoms with Crippen molar-refractivity contribution in [1.29, 1.82) is 0 Å². The summed E-state index contributed by atoms with van der Waals surface area (Å²) in [5.74, 6) is 1.86. The molecule has 118 valence electrons. The molecule has 2 saturated heterocycles. The molecule has 1 amide bonds. The van der Waals surface area contributed by atoms with Crippen molar-refractivity contribution >= 4 is 27.5 Å². The van der Waals surface area contributed by atoms with Gasteiger partial charge in [0.25, 0.3) is 5.91 Å². The van der Waals surface area contributed by atoms with Gasteiger partial charge in [0.15, 0.2) is 0 Å². The Morgan fingerprint density at radius 3 is 2.68 bits per heavy atom. The SMILES string of the molecule is CC(C)c1nn(C)c2sc(C(=O)N3C[C@H]4CNC[C@H]4C3)cc12. The van der Waals surface area contributed by atoms with Crippen molar-refractivity contribution < 1.29 is 4.79 Å². The Morgan fingerprint density at radius 1 is 1.36 bits per heavy atom. The molecule has 22 heavy (non-hydrogen) atoms. The summed E-state index contributed by atoms with van der Waals surface area (Å²) in [5.41, 5.74) is 1.09. The first-order valence-corrected chi connectivity index (χ1v) is 8.82. The van der Waals surface area contributed by atoms with Gasteiger partial charge < -0.3 is 10.2 Å². The van der Waals surface area contributed by atoms with Gasteiger partial charge in [-0.05, 0) is 23.8 Å². The number of aromatic nitrogens is 2. The summed E-state index contributed by atoms with van der Waals surface area (Å²) in [6.07, 6.45) is 0. The molecule has 6 heteroatoms. The van der Waals surface area contributed by atoms with Gasteiger partial charge in [0.05, 0.1) is 10.6 Å². The van der Waals surface area contributed by atoms with Crippen molar-refractivity contribution in [1.82, 2.24) is 20.0 Å². The highest BCUT2D eigenvalue weighted by Gasteiger charge is 2.38. The van der Waals surface area contributed by atoms with Gasteiger partial charge in [0.2, 0.25) is 0 Å². The maximum Gasteiger partial charge on any atom is 0.264 e. The molecule has 0 spiro atoms. The van der Waals surface area contributed by atoms with Crippen LogP contribution in [0.3, 0.4) is 0 Å². The molecule has 0 aliphatic carbocycles. The van der Waals surface area contributed by atoms with E-state index in [2.05, 4.69) is 30.3 Å². The fraction of sp³-hybridized carbons (Fsp3) is 0.625. The van der Waals surface area contributed by atoms with Gasteiger partial charge in [-0.2, -0.15) is 5.10 Å². The van der Waals surface area contributed by atoms with Gasteiger partial charge >= 0.3 is 0 Å². The fourth-order valence-corrected chi connectivity index (χ4v) is 4.82. The fourth-order valence-electron chi connectivity index (χ4n) is 3.78. The first-order valence-electron chi connectivity index (χ1n) is 8.01. The number of carbonyl (C=O) groups is 1. The second-order valence-electron chi connectivity index (χ2n) is 6.88. The Balaban J connectivity index is 1.64. The third-order valence-corrected chi connectivity index (χ3v) is 6.16. The predicted molar refractivity (Wildman–Crippen MR) is 88.4 cm³/mol. The number of carbonyl (C=O) groups excluding carboxylic acids is 1. The number of nitrogens with zero attached hydrogens (tertiary/aromatic N) is 3. The van der Waals surface area contributed by atoms with Crippen LogP contribution in [0.1, 0.15) is 35.1 Å². The van der Waals surface area contributed by atoms with Gasteiger partial charge in [-0.3, -0.25) is 9.48 Å². The molecule has 2 aliphatic rings. The summed E-state index contributed by atoms with van der Waals surface area (Å²) in [4.78, 5) is 16.8. The van der Waals surface area contributed by atoms with Crippen LogP contribution in [0.2, 0.25) is 0 Å². The van der Waals surface area contributed by atoms with Crippen LogP contribution >= 0.6 is 11.3 Å². The lowest BCUT2D eigenvalue weighted by Crippen LogP contribution is -2.31. The molecule has 0 unspecified atom stereocenters. The molecule has 4 heterocycles. The maximum atomic E-state index is 12.8. The zero-order valence-electron chi connectivity index (χ0n) is 13.3. The Hall–Kier alpha value is -1.40. The molecule has 2 atom stereocenters. The number of thiophene rings is 1. The lowest BCUT2D eigenvalue weighted by Gasteiger charge is -2.16. The molecule has 5 nitrogen and oxygen atoms in total. The summed E-state index contributed by atoms with van der Waals surface area (Å²) < 4.78 is 1.91. The number of likely N-dealkylation sites (tertiary alicyclic amines) is 1. The van der Waals surface area contributed by atoms with Gasteiger partial charge in [0.1, 0.15) is 4.83 Å². The van der Waals surface area contributed by atoms with Crippen LogP contribution in [0.5, 0.6) is 0 Å². The number of rotatable bonds is 2. The molecule has 2 aliphatic heterocycles. The number of hydrogen-bond donors (Lipinski definition) is 1. The van der Waals surface area contributed by atoms with Crippen molar-refractivity contribution in [2.24, 2.45) is 18.9 Å². The largest absolute Gasteiger partial charge is 0.337 e. The van der Waals surface area contributed by atoms with Crippen LogP contribution in [-0.4, -0.2) is 46.8 Å². The highest BCUT2D eigenvalue weighted by molar-refractivity contribution is 7.20. The Labute approximate surface area is 134 Å². The van der Waals surface area contributed by atoms with E-state index in [0.717, 1.165) is 47.0 Å². The first-order chi connectivity index (χ1) is 10.5. The minimum Gasteiger partial charge on any atom is -0.337 e. The molecule has 2 fully saturated rings. The van der Waals surface area contributed by atoms with Gasteiger partial charge in [-0.1, -0.05) is 13.8 Å². The van der Waals surface area contributed by atoms with Crippen LogP contribution < -0.4 is 5.32 Å². The number of fused-ring (bicyclic) bond motifs is 2. The van der Waals surface area contributed by atoms with Crippen LogP contribution in [0.4, 0.5) is 0 Å². The molecule has 2 aromatic heterocycles. The second kappa shape index (κ2) is 5.06. The van der Waals surface area contributed by atoms with Crippen molar-refractivity contribution in [3.8, 4) is 0 Å². The highest BCUT2D eigenvalue weighted by atomic mass is 32.1. The van der Waals surface area contributed by atoms with Crippen molar-refractivity contribution in [2.45, 2.75) is 19.8 Å². The van der Waals surface area contributed by atoms with Gasteiger partial charge in [0, 0.05) is 38.6 Å². The number of nitrogens with one attached hydrogen (secondary N) is 1. The smallest absolute Gasteiger partial charge is 0.264 e. The zero-order chi connectivity index (χ0) is 15.4. The third kappa shape index (κ3) is 2.08. The molecule has 0 radical (unpaired) electrons. The minimum absolute atomic E-state index is 0.199. The summed E-state index contributed by atoms with van der Waals surface area (Å²) in [6.45, 7) is 8.22. The molecule has 0 bridgehead atoms. The average Bonchev–Trinajstić information content (AvgIpc) is 3.17. The van der Waals surface area contributed by atoms with Crippen LogP contribution in [-0.2, 0) is 7.05 Å². The van der Waals surface area contributed by atoms with Crippen molar-refractivity contribution in [2.75, 3.05) is 26.2 Å². The normalized spacial score (nSPS) is 24.6. The van der Waals surface area contributed by atoms with E-state index in [-0.39, 0.29) is 5.91 Å². The molecule has 0 saturated carbocycles. The Kier molecular flexibility index (Phi) is 3.27. The van der Waals surface area contributed by atoms with Crippen molar-refractivity contribution in [3.05, 3.63) is 16.6 Å². The highest BCUT2D eigenvalue weighted by Crippen LogP contribution is 2.34. The Bertz CT molecular complexity index is 720. The van der Waals surface area contributed by atoms with Crippen LogP contribution in [0, 0.1) is 11.8 Å². The third-order valence-electron chi connectivity index (χ3n) is 4.97. The maximum absolute atomic E-state index is 12.8. The van der Waals surface area contributed by atoms with Crippen LogP contribution in [0.15, 0.2) is 6.07 Å². The standard InChI is InChI=1S/C16H22N4OS/c1-9(2)14-12-4-13(22-16(12)19(3)18-14)15(21)20-7-10-5-17-6-11(10)8-20/h4,9-11,17H,5-8H2,1-3H3/t10-,11+. The van der Waals surface area contributed by atoms with E-state index in [0.29, 0.717) is 17.8 Å². The topological polar surface area (TPSA) is 50.2 Å². The quantitative estimate of drug-likeness (QED) is 0.922. The lowest BCUT2D eigenvalue weighted by molar-refractivity contribution is 0.0786. The molecular weight excluding hydrogens is 296 g/mol. The monoisotopic (exact) mass is 318 g/mol. The number of amides is 1. The van der Waals surface area contributed by atoms with Crippen molar-refractivity contribution in [3.63, 3.8) is 0 Å². The van der Waals surface area contributed by atoms with Gasteiger partial charge in [-0.15, -0.1) is 11.3 Å². The van der Waals surface area contributed by atoms with E-state index >= 15 is 0 Å². The first kappa shape index (κ1) is 14.2. The van der Waals surface area contributed by atoms with Gasteiger partial charge in [-0.25, -0.2) is 0 Å². The van der Waals surface area contributed by atoms with E-state index in [1.807, 2.05) is 16.6 Å². The number of aryl methyl sites for hydroxylation is 1. The summed E-state index contributed by atoms with van der Waals surface area (Å²) >= 11 is 1.58.